The number of hydrogen-bond donors (Lipinski definition) is 0. The van der Waals surface area contributed by atoms with Gasteiger partial charge in [-0.3, -0.25) is 4.79 Å². The number of para-hydroxylation sites is 1. The van der Waals surface area contributed by atoms with E-state index in [1.54, 1.807) is 23.4 Å². The minimum atomic E-state index is -0.470. The number of aromatic nitrogens is 3. The lowest BCUT2D eigenvalue weighted by molar-refractivity contribution is -0.133. The second-order valence-electron chi connectivity index (χ2n) is 6.41. The smallest absolute Gasteiger partial charge is 0.260 e. The molecule has 0 atom stereocenters. The molecule has 3 aromatic rings. The molecule has 0 spiro atoms. The maximum absolute atomic E-state index is 13.6. The summed E-state index contributed by atoms with van der Waals surface area (Å²) < 4.78 is 20.8. The average Bonchev–Trinajstić information content (AvgIpc) is 3.28. The SMILES string of the molecule is O=C(COc1ccccc1F)N1CCN(c2cc(-n3cccc3)ncn2)CC1. The molecule has 144 valence electrons. The highest BCUT2D eigenvalue weighted by atomic mass is 19.1. The van der Waals surface area contributed by atoms with Crippen LogP contribution < -0.4 is 9.64 Å². The van der Waals surface area contributed by atoms with Crippen molar-refractivity contribution in [1.82, 2.24) is 19.4 Å². The lowest BCUT2D eigenvalue weighted by Crippen LogP contribution is -2.50. The first-order valence-corrected chi connectivity index (χ1v) is 9.06. The standard InChI is InChI=1S/C20H20FN5O2/c21-16-5-1-2-6-17(16)28-14-20(27)26-11-9-25(10-12-26)19-13-18(22-15-23-19)24-7-3-4-8-24/h1-8,13,15H,9-12,14H2. The molecule has 1 saturated heterocycles. The monoisotopic (exact) mass is 381 g/mol. The van der Waals surface area contributed by atoms with Crippen LogP contribution >= 0.6 is 0 Å². The van der Waals surface area contributed by atoms with Crippen LogP contribution in [-0.4, -0.2) is 58.1 Å². The van der Waals surface area contributed by atoms with Gasteiger partial charge in [-0.2, -0.15) is 0 Å². The van der Waals surface area contributed by atoms with Gasteiger partial charge in [0.25, 0.3) is 5.91 Å². The number of carbonyl (C=O) groups is 1. The van der Waals surface area contributed by atoms with Crippen molar-refractivity contribution in [3.8, 4) is 11.6 Å². The number of carbonyl (C=O) groups excluding carboxylic acids is 1. The van der Waals surface area contributed by atoms with Crippen LogP contribution in [0.15, 0.2) is 61.2 Å². The summed E-state index contributed by atoms with van der Waals surface area (Å²) in [6.45, 7) is 2.26. The van der Waals surface area contributed by atoms with Crippen molar-refractivity contribution >= 4 is 11.7 Å². The Labute approximate surface area is 162 Å². The van der Waals surface area contributed by atoms with E-state index in [1.807, 2.05) is 35.2 Å². The molecule has 0 N–H and O–H groups in total. The van der Waals surface area contributed by atoms with Gasteiger partial charge >= 0.3 is 0 Å². The molecule has 0 aliphatic carbocycles. The van der Waals surface area contributed by atoms with Crippen molar-refractivity contribution in [2.45, 2.75) is 0 Å². The lowest BCUT2D eigenvalue weighted by atomic mass is 10.3. The van der Waals surface area contributed by atoms with Crippen LogP contribution in [0.3, 0.4) is 0 Å². The van der Waals surface area contributed by atoms with Gasteiger partial charge in [-0.05, 0) is 24.3 Å². The summed E-state index contributed by atoms with van der Waals surface area (Å²) in [5, 5.41) is 0. The number of halogens is 1. The summed E-state index contributed by atoms with van der Waals surface area (Å²) in [5.41, 5.74) is 0. The van der Waals surface area contributed by atoms with Gasteiger partial charge < -0.3 is 19.1 Å². The average molecular weight is 381 g/mol. The molecule has 0 bridgehead atoms. The fraction of sp³-hybridized carbons (Fsp3) is 0.250. The number of rotatable bonds is 5. The molecule has 3 heterocycles. The largest absolute Gasteiger partial charge is 0.481 e. The zero-order valence-electron chi connectivity index (χ0n) is 15.2. The van der Waals surface area contributed by atoms with E-state index in [2.05, 4.69) is 14.9 Å². The molecule has 8 heteroatoms. The van der Waals surface area contributed by atoms with Crippen molar-refractivity contribution in [2.75, 3.05) is 37.7 Å². The highest BCUT2D eigenvalue weighted by Gasteiger charge is 2.22. The minimum Gasteiger partial charge on any atom is -0.481 e. The van der Waals surface area contributed by atoms with E-state index >= 15 is 0 Å². The molecular formula is C20H20FN5O2. The van der Waals surface area contributed by atoms with E-state index in [9.17, 15) is 9.18 Å². The Hall–Kier alpha value is -3.42. The maximum Gasteiger partial charge on any atom is 0.260 e. The van der Waals surface area contributed by atoms with Crippen molar-refractivity contribution in [1.29, 1.82) is 0 Å². The van der Waals surface area contributed by atoms with Crippen LogP contribution in [0.2, 0.25) is 0 Å². The van der Waals surface area contributed by atoms with Gasteiger partial charge in [0, 0.05) is 44.6 Å². The van der Waals surface area contributed by atoms with Crippen LogP contribution in [-0.2, 0) is 4.79 Å². The second kappa shape index (κ2) is 8.08. The first kappa shape index (κ1) is 18.0. The Bertz CT molecular complexity index is 939. The van der Waals surface area contributed by atoms with Gasteiger partial charge in [-0.15, -0.1) is 0 Å². The maximum atomic E-state index is 13.6. The van der Waals surface area contributed by atoms with Crippen molar-refractivity contribution in [3.63, 3.8) is 0 Å². The Morgan fingerprint density at radius 3 is 2.46 bits per heavy atom. The zero-order valence-corrected chi connectivity index (χ0v) is 15.2. The van der Waals surface area contributed by atoms with Crippen molar-refractivity contribution in [3.05, 3.63) is 67.0 Å². The first-order chi connectivity index (χ1) is 13.7. The summed E-state index contributed by atoms with van der Waals surface area (Å²) in [6, 6.07) is 11.9. The fourth-order valence-electron chi connectivity index (χ4n) is 3.12. The van der Waals surface area contributed by atoms with E-state index in [1.165, 1.54) is 12.1 Å². The molecule has 1 aromatic carbocycles. The summed E-state index contributed by atoms with van der Waals surface area (Å²) in [4.78, 5) is 24.9. The number of benzene rings is 1. The van der Waals surface area contributed by atoms with E-state index in [0.717, 1.165) is 11.6 Å². The molecule has 0 unspecified atom stereocenters. The Morgan fingerprint density at radius 2 is 1.71 bits per heavy atom. The second-order valence-corrected chi connectivity index (χ2v) is 6.41. The number of piperazine rings is 1. The van der Waals surface area contributed by atoms with Crippen molar-refractivity contribution in [2.24, 2.45) is 0 Å². The summed E-state index contributed by atoms with van der Waals surface area (Å²) in [7, 11) is 0. The third-order valence-electron chi connectivity index (χ3n) is 4.65. The van der Waals surface area contributed by atoms with Crippen LogP contribution in [0.5, 0.6) is 5.75 Å². The molecule has 1 aliphatic heterocycles. The number of nitrogens with zero attached hydrogens (tertiary/aromatic N) is 5. The predicted octanol–water partition coefficient (Wildman–Crippen LogP) is 2.13. The van der Waals surface area contributed by atoms with Gasteiger partial charge in [0.15, 0.2) is 18.2 Å². The van der Waals surface area contributed by atoms with E-state index < -0.39 is 5.82 Å². The highest BCUT2D eigenvalue weighted by Crippen LogP contribution is 2.17. The molecule has 28 heavy (non-hydrogen) atoms. The molecule has 1 amide bonds. The molecular weight excluding hydrogens is 361 g/mol. The number of hydrogen-bond acceptors (Lipinski definition) is 5. The third kappa shape index (κ3) is 3.95. The topological polar surface area (TPSA) is 63.5 Å². The molecule has 4 rings (SSSR count). The number of amides is 1. The Kier molecular flexibility index (Phi) is 5.18. The van der Waals surface area contributed by atoms with Gasteiger partial charge in [0.05, 0.1) is 0 Å². The quantitative estimate of drug-likeness (QED) is 0.678. The molecule has 7 nitrogen and oxygen atoms in total. The number of anilines is 1. The minimum absolute atomic E-state index is 0.0908. The lowest BCUT2D eigenvalue weighted by Gasteiger charge is -2.35. The molecule has 2 aromatic heterocycles. The molecule has 0 saturated carbocycles. The summed E-state index contributed by atoms with van der Waals surface area (Å²) in [5.74, 6) is 1.09. The summed E-state index contributed by atoms with van der Waals surface area (Å²) >= 11 is 0. The van der Waals surface area contributed by atoms with Crippen LogP contribution in [0.1, 0.15) is 0 Å². The molecule has 1 fully saturated rings. The fourth-order valence-corrected chi connectivity index (χ4v) is 3.12. The van der Waals surface area contributed by atoms with Gasteiger partial charge in [0.2, 0.25) is 0 Å². The van der Waals surface area contributed by atoms with Crippen molar-refractivity contribution < 1.29 is 13.9 Å². The first-order valence-electron chi connectivity index (χ1n) is 9.06. The zero-order chi connectivity index (χ0) is 19.3. The van der Waals surface area contributed by atoms with Crippen LogP contribution in [0.4, 0.5) is 10.2 Å². The summed E-state index contributed by atoms with van der Waals surface area (Å²) in [6.07, 6.45) is 5.40. The van der Waals surface area contributed by atoms with E-state index in [-0.39, 0.29) is 18.3 Å². The molecule has 1 aliphatic rings. The third-order valence-corrected chi connectivity index (χ3v) is 4.65. The van der Waals surface area contributed by atoms with Gasteiger partial charge in [-0.25, -0.2) is 14.4 Å². The van der Waals surface area contributed by atoms with Crippen LogP contribution in [0, 0.1) is 5.82 Å². The number of ether oxygens (including phenoxy) is 1. The van der Waals surface area contributed by atoms with Crippen LogP contribution in [0.25, 0.3) is 5.82 Å². The molecule has 0 radical (unpaired) electrons. The van der Waals surface area contributed by atoms with E-state index in [4.69, 9.17) is 4.74 Å². The normalized spacial score (nSPS) is 14.2. The highest BCUT2D eigenvalue weighted by molar-refractivity contribution is 5.78. The van der Waals surface area contributed by atoms with Gasteiger partial charge in [-0.1, -0.05) is 12.1 Å². The Balaban J connectivity index is 1.33. The predicted molar refractivity (Wildman–Crippen MR) is 102 cm³/mol. The van der Waals surface area contributed by atoms with E-state index in [0.29, 0.717) is 26.2 Å². The Morgan fingerprint density at radius 1 is 1.00 bits per heavy atom. The van der Waals surface area contributed by atoms with Gasteiger partial charge in [0.1, 0.15) is 18.0 Å².